The Kier molecular flexibility index (Phi) is 5.79. The molecule has 2 heterocycles. The molecule has 32 heavy (non-hydrogen) atoms. The number of aliphatic hydroxyl groups excluding tert-OH is 5. The first-order valence-corrected chi connectivity index (χ1v) is 9.88. The number of ether oxygens (including phenoxy) is 2. The van der Waals surface area contributed by atoms with Gasteiger partial charge in [-0.1, -0.05) is 6.07 Å². The van der Waals surface area contributed by atoms with Crippen LogP contribution in [0.25, 0.3) is 0 Å². The summed E-state index contributed by atoms with van der Waals surface area (Å²) in [4.78, 5) is 0. The quantitative estimate of drug-likeness (QED) is 0.260. The van der Waals surface area contributed by atoms with Crippen LogP contribution in [0.1, 0.15) is 28.9 Å². The molecule has 174 valence electrons. The molecule has 0 spiro atoms. The number of aliphatic hydroxyl groups is 5. The van der Waals surface area contributed by atoms with Gasteiger partial charge < -0.3 is 55.4 Å². The molecule has 11 nitrogen and oxygen atoms in total. The SMILES string of the molecule is OC[C@H]1OC(c2c(O)cc(O)c3c2O[C@H](c2ccc(O)c(O)c2)[C@H](O)C3)[C@H](O)[C@@H](O)[C@@H]1O. The monoisotopic (exact) mass is 452 g/mol. The Morgan fingerprint density at radius 1 is 0.781 bits per heavy atom. The smallest absolute Gasteiger partial charge is 0.157 e. The van der Waals surface area contributed by atoms with E-state index in [9.17, 15) is 46.0 Å². The lowest BCUT2D eigenvalue weighted by molar-refractivity contribution is -0.232. The standard InChI is InChI=1S/C21H24O11/c22-6-14-16(28)17(29)18(30)21(31-14)15-12(26)5-10(24)8-4-13(27)19(32-20(8)15)7-1-2-9(23)11(25)3-7/h1-3,5,13-14,16-19,21-30H,4,6H2/t13-,14-,16-,17+,18-,19-,21?/m1/s1. The number of hydrogen-bond acceptors (Lipinski definition) is 11. The number of rotatable bonds is 3. The number of phenols is 4. The molecule has 2 aliphatic heterocycles. The van der Waals surface area contributed by atoms with Gasteiger partial charge in [-0.2, -0.15) is 0 Å². The molecule has 2 aromatic carbocycles. The minimum absolute atomic E-state index is 0.0986. The van der Waals surface area contributed by atoms with Gasteiger partial charge in [0.05, 0.1) is 18.3 Å². The zero-order valence-electron chi connectivity index (χ0n) is 16.6. The Bertz CT molecular complexity index is 1010. The van der Waals surface area contributed by atoms with Crippen molar-refractivity contribution >= 4 is 0 Å². The van der Waals surface area contributed by atoms with Gasteiger partial charge in [0.1, 0.15) is 53.9 Å². The molecule has 0 saturated carbocycles. The van der Waals surface area contributed by atoms with Gasteiger partial charge in [0, 0.05) is 18.1 Å². The molecule has 2 aliphatic rings. The lowest BCUT2D eigenvalue weighted by Gasteiger charge is -2.42. The Morgan fingerprint density at radius 2 is 1.50 bits per heavy atom. The van der Waals surface area contributed by atoms with E-state index in [2.05, 4.69) is 0 Å². The summed E-state index contributed by atoms with van der Waals surface area (Å²) in [5.74, 6) is -1.89. The first kappa shape index (κ1) is 22.4. The van der Waals surface area contributed by atoms with Crippen LogP contribution in [0.2, 0.25) is 0 Å². The van der Waals surface area contributed by atoms with Crippen LogP contribution in [-0.2, 0) is 11.2 Å². The Labute approximate surface area is 181 Å². The van der Waals surface area contributed by atoms with Gasteiger partial charge in [0.2, 0.25) is 0 Å². The van der Waals surface area contributed by atoms with E-state index in [1.165, 1.54) is 18.2 Å². The van der Waals surface area contributed by atoms with Crippen LogP contribution in [0.3, 0.4) is 0 Å². The van der Waals surface area contributed by atoms with Gasteiger partial charge in [-0.15, -0.1) is 0 Å². The Morgan fingerprint density at radius 3 is 2.16 bits per heavy atom. The molecule has 0 aromatic heterocycles. The summed E-state index contributed by atoms with van der Waals surface area (Å²) in [6.45, 7) is -0.683. The second kappa shape index (κ2) is 8.28. The maximum absolute atomic E-state index is 10.6. The second-order valence-electron chi connectivity index (χ2n) is 7.94. The number of phenolic OH excluding ortho intramolecular Hbond substituents is 4. The highest BCUT2D eigenvalue weighted by molar-refractivity contribution is 5.59. The van der Waals surface area contributed by atoms with Gasteiger partial charge >= 0.3 is 0 Å². The van der Waals surface area contributed by atoms with E-state index in [4.69, 9.17) is 9.47 Å². The predicted octanol–water partition coefficient (Wildman–Crippen LogP) is -0.939. The molecule has 4 rings (SSSR count). The third-order valence-corrected chi connectivity index (χ3v) is 5.89. The van der Waals surface area contributed by atoms with Crippen LogP contribution in [0, 0.1) is 0 Å². The predicted molar refractivity (Wildman–Crippen MR) is 105 cm³/mol. The largest absolute Gasteiger partial charge is 0.507 e. The van der Waals surface area contributed by atoms with Crippen molar-refractivity contribution in [1.82, 2.24) is 0 Å². The van der Waals surface area contributed by atoms with Crippen LogP contribution >= 0.6 is 0 Å². The normalized spacial score (nSPS) is 32.2. The minimum Gasteiger partial charge on any atom is -0.507 e. The van der Waals surface area contributed by atoms with Crippen molar-refractivity contribution in [2.75, 3.05) is 6.61 Å². The van der Waals surface area contributed by atoms with Gasteiger partial charge in [0.25, 0.3) is 0 Å². The van der Waals surface area contributed by atoms with Crippen molar-refractivity contribution in [2.24, 2.45) is 0 Å². The van der Waals surface area contributed by atoms with E-state index < -0.39 is 66.6 Å². The molecule has 0 radical (unpaired) electrons. The summed E-state index contributed by atoms with van der Waals surface area (Å²) in [7, 11) is 0. The molecule has 0 amide bonds. The van der Waals surface area contributed by atoms with E-state index >= 15 is 0 Å². The van der Waals surface area contributed by atoms with Crippen molar-refractivity contribution in [3.05, 3.63) is 41.0 Å². The molecule has 1 fully saturated rings. The third-order valence-electron chi connectivity index (χ3n) is 5.89. The summed E-state index contributed by atoms with van der Waals surface area (Å²) in [5, 5.41) is 91.0. The van der Waals surface area contributed by atoms with Gasteiger partial charge in [0.15, 0.2) is 11.5 Å². The molecule has 11 heteroatoms. The average molecular weight is 452 g/mol. The molecule has 2 aromatic rings. The number of hydrogen-bond donors (Lipinski definition) is 9. The number of benzene rings is 2. The maximum atomic E-state index is 10.6. The molecular formula is C21H24O11. The molecule has 1 unspecified atom stereocenters. The number of aromatic hydroxyl groups is 4. The Balaban J connectivity index is 1.80. The summed E-state index contributed by atoms with van der Waals surface area (Å²) in [6, 6.07) is 4.77. The average Bonchev–Trinajstić information content (AvgIpc) is 2.75. The zero-order chi connectivity index (χ0) is 23.3. The van der Waals surface area contributed by atoms with Gasteiger partial charge in [-0.3, -0.25) is 0 Å². The lowest BCUT2D eigenvalue weighted by atomic mass is 9.86. The molecule has 0 aliphatic carbocycles. The van der Waals surface area contributed by atoms with E-state index in [0.29, 0.717) is 0 Å². The molecule has 1 saturated heterocycles. The highest BCUT2D eigenvalue weighted by Gasteiger charge is 2.47. The maximum Gasteiger partial charge on any atom is 0.157 e. The highest BCUT2D eigenvalue weighted by Crippen LogP contribution is 2.50. The zero-order valence-corrected chi connectivity index (χ0v) is 16.6. The fraction of sp³-hybridized carbons (Fsp3) is 0.429. The molecular weight excluding hydrogens is 428 g/mol. The van der Waals surface area contributed by atoms with Crippen molar-refractivity contribution in [3.8, 4) is 28.7 Å². The van der Waals surface area contributed by atoms with E-state index in [1.54, 1.807) is 0 Å². The summed E-state index contributed by atoms with van der Waals surface area (Å²) < 4.78 is 11.4. The number of fused-ring (bicyclic) bond motifs is 1. The minimum atomic E-state index is -1.72. The second-order valence-corrected chi connectivity index (χ2v) is 7.94. The Hall–Kier alpha value is -2.80. The first-order chi connectivity index (χ1) is 15.1. The first-order valence-electron chi connectivity index (χ1n) is 9.88. The van der Waals surface area contributed by atoms with E-state index in [1.807, 2.05) is 0 Å². The molecule has 7 atom stereocenters. The van der Waals surface area contributed by atoms with E-state index in [-0.39, 0.29) is 34.6 Å². The highest BCUT2D eigenvalue weighted by atomic mass is 16.5. The van der Waals surface area contributed by atoms with Crippen LogP contribution in [0.5, 0.6) is 28.7 Å². The molecule has 9 N–H and O–H groups in total. The van der Waals surface area contributed by atoms with E-state index in [0.717, 1.165) is 6.07 Å². The lowest BCUT2D eigenvalue weighted by Crippen LogP contribution is -2.55. The fourth-order valence-corrected chi connectivity index (χ4v) is 4.17. The summed E-state index contributed by atoms with van der Waals surface area (Å²) in [6.07, 6.45) is -10.2. The van der Waals surface area contributed by atoms with Crippen LogP contribution in [-0.4, -0.2) is 83.1 Å². The van der Waals surface area contributed by atoms with Crippen LogP contribution < -0.4 is 4.74 Å². The van der Waals surface area contributed by atoms with Crippen LogP contribution in [0.15, 0.2) is 24.3 Å². The molecule has 0 bridgehead atoms. The van der Waals surface area contributed by atoms with Crippen molar-refractivity contribution in [2.45, 2.75) is 49.1 Å². The third kappa shape index (κ3) is 3.58. The van der Waals surface area contributed by atoms with Crippen molar-refractivity contribution < 1.29 is 55.4 Å². The van der Waals surface area contributed by atoms with Crippen molar-refractivity contribution in [1.29, 1.82) is 0 Å². The fourth-order valence-electron chi connectivity index (χ4n) is 4.17. The topological polar surface area (TPSA) is 201 Å². The van der Waals surface area contributed by atoms with Gasteiger partial charge in [-0.05, 0) is 17.7 Å². The summed E-state index contributed by atoms with van der Waals surface area (Å²) in [5.41, 5.74) is 0.220. The summed E-state index contributed by atoms with van der Waals surface area (Å²) >= 11 is 0. The van der Waals surface area contributed by atoms with Crippen LogP contribution in [0.4, 0.5) is 0 Å². The van der Waals surface area contributed by atoms with Crippen molar-refractivity contribution in [3.63, 3.8) is 0 Å². The van der Waals surface area contributed by atoms with Gasteiger partial charge in [-0.25, -0.2) is 0 Å².